The largest absolute Gasteiger partial charge is 0.368 e. The monoisotopic (exact) mass is 291 g/mol. The number of aromatic nitrogens is 3. The number of nitrogen functional groups attached to an aromatic ring is 1. The molecule has 1 aromatic rings. The third kappa shape index (κ3) is 3.34. The van der Waals surface area contributed by atoms with Crippen molar-refractivity contribution in [2.75, 3.05) is 42.1 Å². The summed E-state index contributed by atoms with van der Waals surface area (Å²) in [6, 6.07) is 1.24. The fourth-order valence-corrected chi connectivity index (χ4v) is 2.95. The predicted octanol–water partition coefficient (Wildman–Crippen LogP) is 0.949. The molecule has 1 atom stereocenters. The van der Waals surface area contributed by atoms with Crippen LogP contribution in [0.2, 0.25) is 0 Å². The van der Waals surface area contributed by atoms with Crippen LogP contribution < -0.4 is 16.0 Å². The van der Waals surface area contributed by atoms with E-state index in [1.54, 1.807) is 0 Å². The van der Waals surface area contributed by atoms with E-state index in [0.29, 0.717) is 17.9 Å². The molecule has 0 radical (unpaired) electrons. The van der Waals surface area contributed by atoms with Crippen LogP contribution in [0.15, 0.2) is 0 Å². The number of rotatable bonds is 6. The molecule has 1 aromatic heterocycles. The van der Waals surface area contributed by atoms with Crippen LogP contribution in [0, 0.1) is 0 Å². The highest BCUT2D eigenvalue weighted by molar-refractivity contribution is 5.42. The summed E-state index contributed by atoms with van der Waals surface area (Å²) in [5.74, 6) is 1.55. The summed E-state index contributed by atoms with van der Waals surface area (Å²) >= 11 is 0. The van der Waals surface area contributed by atoms with Crippen LogP contribution in [0.25, 0.3) is 0 Å². The highest BCUT2D eigenvalue weighted by atomic mass is 15.3. The molecule has 1 unspecified atom stereocenters. The van der Waals surface area contributed by atoms with Gasteiger partial charge in [-0.1, -0.05) is 0 Å². The molecule has 7 nitrogen and oxygen atoms in total. The van der Waals surface area contributed by atoms with Gasteiger partial charge in [0.1, 0.15) is 0 Å². The second-order valence-electron chi connectivity index (χ2n) is 5.85. The van der Waals surface area contributed by atoms with E-state index < -0.39 is 0 Å². The van der Waals surface area contributed by atoms with Gasteiger partial charge in [0.25, 0.3) is 0 Å². The minimum Gasteiger partial charge on any atom is -0.368 e. The fraction of sp³-hybridized carbons (Fsp3) is 0.786. The summed E-state index contributed by atoms with van der Waals surface area (Å²) < 4.78 is 0. The smallest absolute Gasteiger partial charge is 0.231 e. The van der Waals surface area contributed by atoms with Crippen LogP contribution in [-0.4, -0.2) is 58.1 Å². The van der Waals surface area contributed by atoms with Crippen LogP contribution >= 0.6 is 0 Å². The number of nitrogens with two attached hydrogens (primary N) is 1. The number of hydrogen-bond acceptors (Lipinski definition) is 7. The first-order valence-corrected chi connectivity index (χ1v) is 7.96. The molecule has 3 N–H and O–H groups in total. The maximum Gasteiger partial charge on any atom is 0.231 e. The standard InChI is InChI=1S/C14H25N7/c1-3-20(4-2)14-18-12(15)17-13(19-14)16-10-7-8-21(9-10)11-5-6-11/h10-11H,3-9H2,1-2H3,(H3,15,16,17,18,19). The van der Waals surface area contributed by atoms with Gasteiger partial charge in [0.05, 0.1) is 0 Å². The molecule has 116 valence electrons. The Bertz CT molecular complexity index is 484. The van der Waals surface area contributed by atoms with Crippen molar-refractivity contribution in [2.24, 2.45) is 0 Å². The molecule has 21 heavy (non-hydrogen) atoms. The van der Waals surface area contributed by atoms with Crippen molar-refractivity contribution in [1.29, 1.82) is 0 Å². The van der Waals surface area contributed by atoms with E-state index in [1.807, 2.05) is 0 Å². The first kappa shape index (κ1) is 14.3. The zero-order valence-electron chi connectivity index (χ0n) is 12.9. The van der Waals surface area contributed by atoms with Gasteiger partial charge in [-0.05, 0) is 33.1 Å². The van der Waals surface area contributed by atoms with Crippen molar-refractivity contribution < 1.29 is 0 Å². The first-order chi connectivity index (χ1) is 10.2. The summed E-state index contributed by atoms with van der Waals surface area (Å²) in [4.78, 5) is 17.6. The molecular formula is C14H25N7. The Balaban J connectivity index is 1.67. The molecule has 0 bridgehead atoms. The first-order valence-electron chi connectivity index (χ1n) is 7.96. The molecule has 1 aliphatic carbocycles. The van der Waals surface area contributed by atoms with E-state index in [2.05, 4.69) is 43.9 Å². The topological polar surface area (TPSA) is 83.2 Å². The SMILES string of the molecule is CCN(CC)c1nc(N)nc(NC2CCN(C3CC3)C2)n1. The van der Waals surface area contributed by atoms with Gasteiger partial charge >= 0.3 is 0 Å². The van der Waals surface area contributed by atoms with E-state index in [1.165, 1.54) is 19.4 Å². The average molecular weight is 291 g/mol. The van der Waals surface area contributed by atoms with Gasteiger partial charge in [0, 0.05) is 38.3 Å². The number of likely N-dealkylation sites (tertiary alicyclic amines) is 1. The zero-order valence-corrected chi connectivity index (χ0v) is 12.9. The van der Waals surface area contributed by atoms with E-state index in [-0.39, 0.29) is 5.95 Å². The van der Waals surface area contributed by atoms with Crippen LogP contribution in [0.3, 0.4) is 0 Å². The fourth-order valence-electron chi connectivity index (χ4n) is 2.95. The van der Waals surface area contributed by atoms with Crippen LogP contribution in [0.4, 0.5) is 17.8 Å². The summed E-state index contributed by atoms with van der Waals surface area (Å²) in [5.41, 5.74) is 5.83. The van der Waals surface area contributed by atoms with Crippen molar-refractivity contribution in [3.63, 3.8) is 0 Å². The van der Waals surface area contributed by atoms with Crippen molar-refractivity contribution in [3.8, 4) is 0 Å². The molecule has 0 aromatic carbocycles. The van der Waals surface area contributed by atoms with Gasteiger partial charge in [0.15, 0.2) is 0 Å². The van der Waals surface area contributed by atoms with Crippen LogP contribution in [0.1, 0.15) is 33.1 Å². The maximum absolute atomic E-state index is 5.83. The number of nitrogens with one attached hydrogen (secondary N) is 1. The van der Waals surface area contributed by atoms with Gasteiger partial charge < -0.3 is 16.0 Å². The van der Waals surface area contributed by atoms with Crippen LogP contribution in [-0.2, 0) is 0 Å². The Morgan fingerprint density at radius 1 is 1.19 bits per heavy atom. The van der Waals surface area contributed by atoms with E-state index in [4.69, 9.17) is 5.73 Å². The molecule has 2 heterocycles. The highest BCUT2D eigenvalue weighted by Gasteiger charge is 2.34. The summed E-state index contributed by atoms with van der Waals surface area (Å²) in [7, 11) is 0. The third-order valence-electron chi connectivity index (χ3n) is 4.30. The molecule has 0 amide bonds. The maximum atomic E-state index is 5.83. The van der Waals surface area contributed by atoms with E-state index >= 15 is 0 Å². The molecule has 2 aliphatic rings. The van der Waals surface area contributed by atoms with Crippen molar-refractivity contribution in [3.05, 3.63) is 0 Å². The predicted molar refractivity (Wildman–Crippen MR) is 84.4 cm³/mol. The lowest BCUT2D eigenvalue weighted by Gasteiger charge is -2.20. The number of anilines is 3. The Kier molecular flexibility index (Phi) is 4.10. The molecular weight excluding hydrogens is 266 g/mol. The van der Waals surface area contributed by atoms with Gasteiger partial charge in [-0.3, -0.25) is 4.90 Å². The Hall–Kier alpha value is -1.63. The molecule has 1 saturated carbocycles. The third-order valence-corrected chi connectivity index (χ3v) is 4.30. The Morgan fingerprint density at radius 2 is 1.95 bits per heavy atom. The lowest BCUT2D eigenvalue weighted by Crippen LogP contribution is -2.29. The van der Waals surface area contributed by atoms with Gasteiger partial charge in [0.2, 0.25) is 17.8 Å². The van der Waals surface area contributed by atoms with Crippen LogP contribution in [0.5, 0.6) is 0 Å². The normalized spacial score (nSPS) is 22.5. The van der Waals surface area contributed by atoms with Crippen molar-refractivity contribution in [2.45, 2.75) is 45.2 Å². The molecule has 1 saturated heterocycles. The zero-order chi connectivity index (χ0) is 14.8. The van der Waals surface area contributed by atoms with E-state index in [9.17, 15) is 0 Å². The second kappa shape index (κ2) is 6.01. The highest BCUT2D eigenvalue weighted by Crippen LogP contribution is 2.30. The van der Waals surface area contributed by atoms with Crippen molar-refractivity contribution in [1.82, 2.24) is 19.9 Å². The summed E-state index contributed by atoms with van der Waals surface area (Å²) in [5, 5.41) is 3.43. The number of hydrogen-bond donors (Lipinski definition) is 2. The Labute approximate surface area is 126 Å². The van der Waals surface area contributed by atoms with E-state index in [0.717, 1.165) is 32.1 Å². The Morgan fingerprint density at radius 3 is 2.62 bits per heavy atom. The summed E-state index contributed by atoms with van der Waals surface area (Å²) in [6.45, 7) is 8.14. The molecule has 1 aliphatic heterocycles. The van der Waals surface area contributed by atoms with Gasteiger partial charge in [-0.25, -0.2) is 0 Å². The van der Waals surface area contributed by atoms with Gasteiger partial charge in [-0.15, -0.1) is 0 Å². The second-order valence-corrected chi connectivity index (χ2v) is 5.85. The average Bonchev–Trinajstić information content (AvgIpc) is 3.21. The minimum absolute atomic E-state index is 0.284. The number of nitrogens with zero attached hydrogens (tertiary/aromatic N) is 5. The molecule has 7 heteroatoms. The van der Waals surface area contributed by atoms with Crippen molar-refractivity contribution >= 4 is 17.8 Å². The molecule has 3 rings (SSSR count). The summed E-state index contributed by atoms with van der Waals surface area (Å²) in [6.07, 6.45) is 3.86. The molecule has 2 fully saturated rings. The van der Waals surface area contributed by atoms with Gasteiger partial charge in [-0.2, -0.15) is 15.0 Å². The lowest BCUT2D eigenvalue weighted by atomic mass is 10.3. The minimum atomic E-state index is 0.284. The quantitative estimate of drug-likeness (QED) is 0.807. The molecule has 0 spiro atoms. The lowest BCUT2D eigenvalue weighted by molar-refractivity contribution is 0.326.